The lowest BCUT2D eigenvalue weighted by Gasteiger charge is -2.36. The fourth-order valence-electron chi connectivity index (χ4n) is 4.12. The maximum absolute atomic E-state index is 6.87. The van der Waals surface area contributed by atoms with Gasteiger partial charge >= 0.3 is 0 Å². The maximum Gasteiger partial charge on any atom is 0.139 e. The summed E-state index contributed by atoms with van der Waals surface area (Å²) in [4.78, 5) is 0. The first-order valence-electron chi connectivity index (χ1n) is 12.4. The third kappa shape index (κ3) is 7.73. The molecule has 1 aliphatic heterocycles. The molecule has 188 valence electrons. The molecule has 2 aromatic rings. The molecule has 0 radical (unpaired) electrons. The number of hydrogen-bond acceptors (Lipinski definition) is 1. The molecule has 0 saturated heterocycles. The number of para-hydroxylation sites is 1. The molecule has 3 rings (SSSR count). The first-order chi connectivity index (χ1) is 15.3. The first-order valence-corrected chi connectivity index (χ1v) is 16.4. The van der Waals surface area contributed by atoms with Crippen LogP contribution >= 0.6 is 34.3 Å². The van der Waals surface area contributed by atoms with Gasteiger partial charge in [-0.05, 0) is 48.2 Å². The summed E-state index contributed by atoms with van der Waals surface area (Å²) in [5.41, 5.74) is 2.81. The number of fused-ring (bicyclic) bond motifs is 2. The van der Waals surface area contributed by atoms with Crippen LogP contribution in [0.25, 0.3) is 0 Å². The third-order valence-electron chi connectivity index (χ3n) is 5.10. The van der Waals surface area contributed by atoms with E-state index in [1.807, 2.05) is 0 Å². The van der Waals surface area contributed by atoms with Crippen molar-refractivity contribution in [2.45, 2.75) is 110 Å². The molecule has 5 heteroatoms. The lowest BCUT2D eigenvalue weighted by Crippen LogP contribution is -2.45. The van der Waals surface area contributed by atoms with Crippen LogP contribution in [0.5, 0.6) is 11.5 Å². The smallest absolute Gasteiger partial charge is 0.139 e. The van der Waals surface area contributed by atoms with E-state index < -0.39 is 0 Å². The van der Waals surface area contributed by atoms with Gasteiger partial charge in [-0.15, -0.1) is 0 Å². The van der Waals surface area contributed by atoms with Crippen molar-refractivity contribution in [3.05, 3.63) is 35.4 Å². The normalized spacial score (nSPS) is 15.9. The van der Waals surface area contributed by atoms with Crippen LogP contribution in [0.4, 0.5) is 0 Å². The topological polar surface area (TPSA) is 9.23 Å². The summed E-state index contributed by atoms with van der Waals surface area (Å²) in [5, 5.41) is 7.40. The summed E-state index contributed by atoms with van der Waals surface area (Å²) in [6.45, 7) is 28.8. The highest BCUT2D eigenvalue weighted by atomic mass is 31.1. The largest absolute Gasteiger partial charge is 0.456 e. The number of ether oxygens (including phenoxy) is 1. The zero-order valence-corrected chi connectivity index (χ0v) is 27.4. The fourth-order valence-corrected chi connectivity index (χ4v) is 10.7. The summed E-state index contributed by atoms with van der Waals surface area (Å²) in [7, 11) is 3.09. The van der Waals surface area contributed by atoms with Gasteiger partial charge in [0.1, 0.15) is 11.5 Å². The molecule has 34 heavy (non-hydrogen) atoms. The summed E-state index contributed by atoms with van der Waals surface area (Å²) in [6, 6.07) is 8.68. The Balaban J connectivity index is 2.43. The molecule has 0 aromatic heterocycles. The Morgan fingerprint density at radius 2 is 0.971 bits per heavy atom. The molecule has 1 heterocycles. The molecule has 4 atom stereocenters. The van der Waals surface area contributed by atoms with Crippen LogP contribution in [0.15, 0.2) is 24.3 Å². The minimum atomic E-state index is 0.223. The molecule has 0 aliphatic carbocycles. The summed E-state index contributed by atoms with van der Waals surface area (Å²) in [5.74, 6) is 2.25. The van der Waals surface area contributed by atoms with E-state index in [0.29, 0.717) is 0 Å². The van der Waals surface area contributed by atoms with Crippen molar-refractivity contribution >= 4 is 55.5 Å². The average molecular weight is 535 g/mol. The molecule has 0 amide bonds. The van der Waals surface area contributed by atoms with Gasteiger partial charge in [0, 0.05) is 17.3 Å². The monoisotopic (exact) mass is 534 g/mol. The molecule has 1 aliphatic rings. The Morgan fingerprint density at radius 1 is 0.559 bits per heavy atom. The van der Waals surface area contributed by atoms with Crippen LogP contribution in [-0.4, -0.2) is 20.6 Å². The highest BCUT2D eigenvalue weighted by Gasteiger charge is 2.34. The van der Waals surface area contributed by atoms with Crippen LogP contribution in [0.1, 0.15) is 94.2 Å². The summed E-state index contributed by atoms with van der Waals surface area (Å²) in [6.07, 6.45) is 0.992. The molecule has 4 unspecified atom stereocenters. The molecule has 0 fully saturated rings. The fraction of sp³-hybridized carbons (Fsp3) is 0.586. The lowest BCUT2D eigenvalue weighted by atomic mass is 10.00. The first kappa shape index (κ1) is 28.5. The van der Waals surface area contributed by atoms with E-state index in [-0.39, 0.29) is 20.6 Å². The zero-order chi connectivity index (χ0) is 25.7. The van der Waals surface area contributed by atoms with Crippen LogP contribution in [0.2, 0.25) is 0 Å². The summed E-state index contributed by atoms with van der Waals surface area (Å²) >= 11 is 0. The van der Waals surface area contributed by atoms with E-state index in [4.69, 9.17) is 4.74 Å². The quantitative estimate of drug-likeness (QED) is 0.311. The standard InChI is InChI=1S/C29H46OP4/c1-26(2,3)31-22-19-17-18-15-13-14-16-20(18)30-21(19)23(32-27(4,5)6)25(34-29(10,11)12)24(22)33-28(7,8)9/h13-16,31-34H,17H2,1-12H3. The molecule has 0 bridgehead atoms. The van der Waals surface area contributed by atoms with Crippen molar-refractivity contribution < 1.29 is 4.74 Å². The Morgan fingerprint density at radius 3 is 1.47 bits per heavy atom. The molecule has 0 N–H and O–H groups in total. The second-order valence-corrected chi connectivity index (χ2v) is 22.7. The third-order valence-corrected chi connectivity index (χ3v) is 11.9. The Kier molecular flexibility index (Phi) is 8.41. The lowest BCUT2D eigenvalue weighted by molar-refractivity contribution is 0.465. The van der Waals surface area contributed by atoms with Gasteiger partial charge < -0.3 is 4.74 Å². The predicted molar refractivity (Wildman–Crippen MR) is 167 cm³/mol. The minimum absolute atomic E-state index is 0.223. The second-order valence-electron chi connectivity index (χ2n) is 13.7. The number of hydrogen-bond donors (Lipinski definition) is 0. The zero-order valence-electron chi connectivity index (χ0n) is 23.4. The highest BCUT2D eigenvalue weighted by Crippen LogP contribution is 2.46. The van der Waals surface area contributed by atoms with Crippen molar-refractivity contribution in [3.8, 4) is 11.5 Å². The molecular formula is C29H46OP4. The van der Waals surface area contributed by atoms with Crippen LogP contribution < -0.4 is 26.0 Å². The van der Waals surface area contributed by atoms with Crippen LogP contribution in [-0.2, 0) is 6.42 Å². The maximum atomic E-state index is 6.87. The highest BCUT2D eigenvalue weighted by molar-refractivity contribution is 7.62. The molecule has 1 nitrogen and oxygen atoms in total. The predicted octanol–water partition coefficient (Wildman–Crippen LogP) is 7.79. The molecule has 0 saturated carbocycles. The van der Waals surface area contributed by atoms with Gasteiger partial charge in [-0.25, -0.2) is 0 Å². The van der Waals surface area contributed by atoms with Gasteiger partial charge in [0.15, 0.2) is 0 Å². The Labute approximate surface area is 216 Å². The van der Waals surface area contributed by atoms with E-state index >= 15 is 0 Å². The van der Waals surface area contributed by atoms with E-state index in [9.17, 15) is 0 Å². The van der Waals surface area contributed by atoms with Crippen molar-refractivity contribution in [1.82, 2.24) is 0 Å². The van der Waals surface area contributed by atoms with Crippen LogP contribution in [0, 0.1) is 0 Å². The van der Waals surface area contributed by atoms with E-state index in [1.165, 1.54) is 22.2 Å². The van der Waals surface area contributed by atoms with E-state index in [2.05, 4.69) is 107 Å². The second kappa shape index (κ2) is 10.0. The van der Waals surface area contributed by atoms with Gasteiger partial charge in [0.25, 0.3) is 0 Å². The van der Waals surface area contributed by atoms with Crippen LogP contribution in [0.3, 0.4) is 0 Å². The molecule has 0 spiro atoms. The number of benzene rings is 2. The molecule has 2 aromatic carbocycles. The van der Waals surface area contributed by atoms with Gasteiger partial charge in [-0.1, -0.05) is 136 Å². The Hall–Kier alpha value is -0.0400. The minimum Gasteiger partial charge on any atom is -0.456 e. The van der Waals surface area contributed by atoms with E-state index in [0.717, 1.165) is 46.5 Å². The number of rotatable bonds is 4. The van der Waals surface area contributed by atoms with Crippen molar-refractivity contribution in [1.29, 1.82) is 0 Å². The Bertz CT molecular complexity index is 960. The molecular weight excluding hydrogens is 488 g/mol. The van der Waals surface area contributed by atoms with Gasteiger partial charge in [-0.2, -0.15) is 0 Å². The van der Waals surface area contributed by atoms with Gasteiger partial charge in [0.05, 0.1) is 0 Å². The van der Waals surface area contributed by atoms with E-state index in [1.54, 1.807) is 15.9 Å². The average Bonchev–Trinajstić information content (AvgIpc) is 2.62. The van der Waals surface area contributed by atoms with Crippen molar-refractivity contribution in [2.24, 2.45) is 0 Å². The van der Waals surface area contributed by atoms with Gasteiger partial charge in [-0.3, -0.25) is 0 Å². The van der Waals surface area contributed by atoms with Crippen molar-refractivity contribution in [2.75, 3.05) is 0 Å². The van der Waals surface area contributed by atoms with Crippen molar-refractivity contribution in [3.63, 3.8) is 0 Å². The summed E-state index contributed by atoms with van der Waals surface area (Å²) < 4.78 is 6.87. The van der Waals surface area contributed by atoms with Gasteiger partial charge in [0.2, 0.25) is 0 Å². The SMILES string of the molecule is CC(C)(C)Pc1c2c(c(PC(C)(C)C)c(PC(C)(C)C)c1PC(C)(C)C)Oc1ccccc1C2.